The number of carbonyl (C=O) groups excluding carboxylic acids is 2. The molecule has 1 saturated heterocycles. The van der Waals surface area contributed by atoms with Crippen molar-refractivity contribution in [3.8, 4) is 5.75 Å². The molecule has 3 aromatic carbocycles. The molecule has 4 rings (SSSR count). The molecule has 0 spiro atoms. The molecule has 1 heterocycles. The van der Waals surface area contributed by atoms with Crippen molar-refractivity contribution >= 4 is 34.7 Å². The molecule has 1 N–H and O–H groups in total. The molecule has 1 aliphatic rings. The van der Waals surface area contributed by atoms with Gasteiger partial charge in [0.2, 0.25) is 0 Å². The van der Waals surface area contributed by atoms with Gasteiger partial charge in [-0.1, -0.05) is 62.2 Å². The molecule has 0 aliphatic carbocycles. The maximum absolute atomic E-state index is 13.4. The number of amides is 1. The fraction of sp³-hybridized carbons (Fsp3) is 0.267. The molecule has 1 atom stereocenters. The number of aliphatic hydroxyl groups excluding tert-OH is 1. The van der Waals surface area contributed by atoms with E-state index in [0.29, 0.717) is 22.9 Å². The molecule has 5 nitrogen and oxygen atoms in total. The van der Waals surface area contributed by atoms with Crippen LogP contribution in [0, 0.1) is 6.92 Å². The van der Waals surface area contributed by atoms with Crippen LogP contribution in [0.2, 0.25) is 5.02 Å². The van der Waals surface area contributed by atoms with Gasteiger partial charge in [0.15, 0.2) is 0 Å². The van der Waals surface area contributed by atoms with Crippen molar-refractivity contribution in [1.82, 2.24) is 0 Å². The SMILES string of the molecule is CCOc1ccc(/C(O)=C2/C(=O)C(=O)N(c3ccc(Cl)cc3)C2c2cccc(C)c2)cc1C(C)(C)C. The lowest BCUT2D eigenvalue weighted by atomic mass is 9.84. The van der Waals surface area contributed by atoms with E-state index in [2.05, 4.69) is 20.8 Å². The highest BCUT2D eigenvalue weighted by Crippen LogP contribution is 2.43. The summed E-state index contributed by atoms with van der Waals surface area (Å²) in [5.41, 5.74) is 3.35. The van der Waals surface area contributed by atoms with Crippen molar-refractivity contribution in [2.24, 2.45) is 0 Å². The van der Waals surface area contributed by atoms with E-state index in [1.807, 2.05) is 44.2 Å². The maximum atomic E-state index is 13.4. The summed E-state index contributed by atoms with van der Waals surface area (Å²) >= 11 is 6.07. The Hall–Kier alpha value is -3.57. The van der Waals surface area contributed by atoms with Crippen molar-refractivity contribution in [2.75, 3.05) is 11.5 Å². The van der Waals surface area contributed by atoms with E-state index in [4.69, 9.17) is 16.3 Å². The predicted octanol–water partition coefficient (Wildman–Crippen LogP) is 6.97. The molecule has 0 radical (unpaired) electrons. The average molecular weight is 504 g/mol. The Labute approximate surface area is 217 Å². The van der Waals surface area contributed by atoms with Gasteiger partial charge < -0.3 is 9.84 Å². The van der Waals surface area contributed by atoms with Crippen molar-refractivity contribution < 1.29 is 19.4 Å². The highest BCUT2D eigenvalue weighted by Gasteiger charge is 2.47. The number of carbonyl (C=O) groups is 2. The molecule has 1 fully saturated rings. The van der Waals surface area contributed by atoms with Crippen LogP contribution in [0.1, 0.15) is 56.0 Å². The normalized spacial score (nSPS) is 17.5. The third kappa shape index (κ3) is 4.76. The maximum Gasteiger partial charge on any atom is 0.300 e. The molecule has 0 bridgehead atoms. The summed E-state index contributed by atoms with van der Waals surface area (Å²) in [4.78, 5) is 28.2. The zero-order chi connectivity index (χ0) is 26.2. The van der Waals surface area contributed by atoms with Gasteiger partial charge in [-0.05, 0) is 67.3 Å². The molecule has 1 unspecified atom stereocenters. The molecule has 1 aliphatic heterocycles. The number of hydrogen-bond acceptors (Lipinski definition) is 4. The number of anilines is 1. The van der Waals surface area contributed by atoms with Crippen LogP contribution in [0.3, 0.4) is 0 Å². The monoisotopic (exact) mass is 503 g/mol. The Kier molecular flexibility index (Phi) is 6.96. The van der Waals surface area contributed by atoms with Crippen LogP contribution in [0.25, 0.3) is 5.76 Å². The number of rotatable bonds is 5. The Morgan fingerprint density at radius 1 is 1.03 bits per heavy atom. The smallest absolute Gasteiger partial charge is 0.300 e. The standard InChI is InChI=1S/C30H30ClNO4/c1-6-36-24-15-10-20(17-23(24)30(3,4)5)27(33)25-26(19-9-7-8-18(2)16-19)32(29(35)28(25)34)22-13-11-21(31)12-14-22/h7-17,26,33H,6H2,1-5H3/b27-25-. The number of ketones is 1. The van der Waals surface area contributed by atoms with Crippen LogP contribution < -0.4 is 9.64 Å². The number of halogens is 1. The number of hydrogen-bond donors (Lipinski definition) is 1. The van der Waals surface area contributed by atoms with Crippen molar-refractivity contribution in [1.29, 1.82) is 0 Å². The van der Waals surface area contributed by atoms with E-state index >= 15 is 0 Å². The van der Waals surface area contributed by atoms with Gasteiger partial charge in [-0.15, -0.1) is 0 Å². The van der Waals surface area contributed by atoms with Gasteiger partial charge in [-0.2, -0.15) is 0 Å². The molecular weight excluding hydrogens is 474 g/mol. The van der Waals surface area contributed by atoms with Crippen LogP contribution in [-0.2, 0) is 15.0 Å². The van der Waals surface area contributed by atoms with E-state index in [-0.39, 0.29) is 16.7 Å². The summed E-state index contributed by atoms with van der Waals surface area (Å²) in [6, 6.07) is 18.9. The first kappa shape index (κ1) is 25.5. The Morgan fingerprint density at radius 2 is 1.72 bits per heavy atom. The van der Waals surface area contributed by atoms with E-state index in [9.17, 15) is 14.7 Å². The minimum atomic E-state index is -0.796. The van der Waals surface area contributed by atoms with Gasteiger partial charge in [0.1, 0.15) is 11.5 Å². The first-order chi connectivity index (χ1) is 17.0. The topological polar surface area (TPSA) is 66.8 Å². The van der Waals surface area contributed by atoms with Gasteiger partial charge in [0, 0.05) is 21.8 Å². The van der Waals surface area contributed by atoms with Crippen LogP contribution in [0.5, 0.6) is 5.75 Å². The Bertz CT molecular complexity index is 1350. The van der Waals surface area contributed by atoms with E-state index in [0.717, 1.165) is 22.4 Å². The summed E-state index contributed by atoms with van der Waals surface area (Å²) < 4.78 is 5.81. The number of ether oxygens (including phenoxy) is 1. The number of benzene rings is 3. The van der Waals surface area contributed by atoms with Gasteiger partial charge in [-0.3, -0.25) is 14.5 Å². The second-order valence-electron chi connectivity index (χ2n) is 9.95. The van der Waals surface area contributed by atoms with Gasteiger partial charge in [0.05, 0.1) is 18.2 Å². The second kappa shape index (κ2) is 9.82. The largest absolute Gasteiger partial charge is 0.507 e. The van der Waals surface area contributed by atoms with Gasteiger partial charge in [-0.25, -0.2) is 0 Å². The van der Waals surface area contributed by atoms with Crippen molar-refractivity contribution in [3.63, 3.8) is 0 Å². The lowest BCUT2D eigenvalue weighted by Crippen LogP contribution is -2.29. The van der Waals surface area contributed by atoms with Crippen molar-refractivity contribution in [2.45, 2.75) is 46.1 Å². The van der Waals surface area contributed by atoms with Crippen molar-refractivity contribution in [3.05, 3.63) is 99.6 Å². The van der Waals surface area contributed by atoms with E-state index in [1.54, 1.807) is 36.4 Å². The fourth-order valence-electron chi connectivity index (χ4n) is 4.56. The molecule has 3 aromatic rings. The highest BCUT2D eigenvalue weighted by atomic mass is 35.5. The lowest BCUT2D eigenvalue weighted by Gasteiger charge is -2.26. The van der Waals surface area contributed by atoms with Crippen LogP contribution in [-0.4, -0.2) is 23.4 Å². The molecule has 36 heavy (non-hydrogen) atoms. The lowest BCUT2D eigenvalue weighted by molar-refractivity contribution is -0.132. The number of aliphatic hydroxyl groups is 1. The number of aryl methyl sites for hydroxylation is 1. The third-order valence-corrected chi connectivity index (χ3v) is 6.52. The third-order valence-electron chi connectivity index (χ3n) is 6.27. The second-order valence-corrected chi connectivity index (χ2v) is 10.4. The van der Waals surface area contributed by atoms with Gasteiger partial charge in [0.25, 0.3) is 11.7 Å². The molecule has 6 heteroatoms. The average Bonchev–Trinajstić information content (AvgIpc) is 3.09. The van der Waals surface area contributed by atoms with Crippen LogP contribution >= 0.6 is 11.6 Å². The molecule has 186 valence electrons. The fourth-order valence-corrected chi connectivity index (χ4v) is 4.68. The number of nitrogens with zero attached hydrogens (tertiary/aromatic N) is 1. The zero-order valence-electron chi connectivity index (χ0n) is 21.1. The van der Waals surface area contributed by atoms with E-state index in [1.165, 1.54) is 4.90 Å². The molecule has 0 saturated carbocycles. The predicted molar refractivity (Wildman–Crippen MR) is 144 cm³/mol. The minimum Gasteiger partial charge on any atom is -0.507 e. The summed E-state index contributed by atoms with van der Waals surface area (Å²) in [5, 5.41) is 12.1. The van der Waals surface area contributed by atoms with E-state index < -0.39 is 17.7 Å². The van der Waals surface area contributed by atoms with Crippen LogP contribution in [0.15, 0.2) is 72.3 Å². The van der Waals surface area contributed by atoms with Gasteiger partial charge >= 0.3 is 0 Å². The molecular formula is C30H30ClNO4. The Balaban J connectivity index is 1.95. The quantitative estimate of drug-likeness (QED) is 0.232. The summed E-state index contributed by atoms with van der Waals surface area (Å²) in [5.74, 6) is -0.934. The zero-order valence-corrected chi connectivity index (χ0v) is 21.9. The van der Waals surface area contributed by atoms with Crippen LogP contribution in [0.4, 0.5) is 5.69 Å². The summed E-state index contributed by atoms with van der Waals surface area (Å²) in [6.45, 7) is 10.5. The Morgan fingerprint density at radius 3 is 2.33 bits per heavy atom. The number of Topliss-reactive ketones (excluding diaryl/α,β-unsaturated/α-hetero) is 1. The minimum absolute atomic E-state index is 0.0459. The summed E-state index contributed by atoms with van der Waals surface area (Å²) in [7, 11) is 0. The molecule has 1 amide bonds. The first-order valence-electron chi connectivity index (χ1n) is 11.9. The summed E-state index contributed by atoms with van der Waals surface area (Å²) in [6.07, 6.45) is 0. The first-order valence-corrected chi connectivity index (χ1v) is 12.3. The highest BCUT2D eigenvalue weighted by molar-refractivity contribution is 6.51. The molecule has 0 aromatic heterocycles.